The molecule has 0 atom stereocenters. The second-order valence-electron chi connectivity index (χ2n) is 2.99. The number of thioether (sulfide) groups is 1. The summed E-state index contributed by atoms with van der Waals surface area (Å²) in [6.45, 7) is 0. The van der Waals surface area contributed by atoms with Crippen molar-refractivity contribution in [2.45, 2.75) is 4.34 Å². The number of hydrogen-bond donors (Lipinski definition) is 0. The molecule has 0 spiro atoms. The summed E-state index contributed by atoms with van der Waals surface area (Å²) in [7, 11) is 0. The summed E-state index contributed by atoms with van der Waals surface area (Å²) >= 11 is 8.91. The van der Waals surface area contributed by atoms with Crippen molar-refractivity contribution in [3.05, 3.63) is 46.4 Å². The van der Waals surface area contributed by atoms with Crippen LogP contribution in [0, 0.1) is 0 Å². The highest BCUT2D eigenvalue weighted by atomic mass is 35.5. The zero-order valence-corrected chi connectivity index (χ0v) is 10.6. The number of Topliss-reactive ketones (excluding diaryl/α,β-unsaturated/α-hetero) is 1. The summed E-state index contributed by atoms with van der Waals surface area (Å²) in [4.78, 5) is 15.9. The third-order valence-electron chi connectivity index (χ3n) is 1.91. The minimum absolute atomic E-state index is 0.0331. The van der Waals surface area contributed by atoms with Crippen LogP contribution in [-0.4, -0.2) is 16.5 Å². The van der Waals surface area contributed by atoms with Crippen LogP contribution in [0.15, 0.2) is 40.2 Å². The fourth-order valence-electron chi connectivity index (χ4n) is 1.17. The van der Waals surface area contributed by atoms with E-state index in [0.717, 1.165) is 4.34 Å². The van der Waals surface area contributed by atoms with Crippen LogP contribution in [0.25, 0.3) is 0 Å². The first-order valence-electron chi connectivity index (χ1n) is 4.57. The average Bonchev–Trinajstić information content (AvgIpc) is 2.79. The fraction of sp³-hybridized carbons (Fsp3) is 0.0909. The molecule has 0 bridgehead atoms. The topological polar surface area (TPSA) is 30.0 Å². The summed E-state index contributed by atoms with van der Waals surface area (Å²) in [5.41, 5.74) is 0.577. The Bertz CT molecular complexity index is 484. The number of halogens is 1. The molecule has 0 aliphatic rings. The molecule has 16 heavy (non-hydrogen) atoms. The fourth-order valence-corrected chi connectivity index (χ4v) is 2.94. The number of carbonyl (C=O) groups excluding carboxylic acids is 1. The average molecular weight is 270 g/mol. The van der Waals surface area contributed by atoms with E-state index in [0.29, 0.717) is 16.3 Å². The van der Waals surface area contributed by atoms with Gasteiger partial charge in [-0.1, -0.05) is 35.5 Å². The van der Waals surface area contributed by atoms with Gasteiger partial charge in [0.2, 0.25) is 0 Å². The van der Waals surface area contributed by atoms with Crippen molar-refractivity contribution in [1.29, 1.82) is 0 Å². The Labute approximate surface area is 107 Å². The zero-order chi connectivity index (χ0) is 11.4. The van der Waals surface area contributed by atoms with Crippen LogP contribution >= 0.6 is 34.7 Å². The third-order valence-corrected chi connectivity index (χ3v) is 4.21. The molecule has 0 aliphatic heterocycles. The molecule has 0 saturated heterocycles. The molecule has 82 valence electrons. The highest BCUT2D eigenvalue weighted by Gasteiger charge is 2.10. The van der Waals surface area contributed by atoms with Gasteiger partial charge in [-0.25, -0.2) is 4.98 Å². The van der Waals surface area contributed by atoms with Gasteiger partial charge in [-0.15, -0.1) is 11.3 Å². The molecule has 2 nitrogen and oxygen atoms in total. The Morgan fingerprint density at radius 1 is 1.44 bits per heavy atom. The van der Waals surface area contributed by atoms with Crippen LogP contribution in [0.3, 0.4) is 0 Å². The predicted octanol–water partition coefficient (Wildman–Crippen LogP) is 3.77. The van der Waals surface area contributed by atoms with Crippen molar-refractivity contribution in [3.8, 4) is 0 Å². The number of ketones is 1. The van der Waals surface area contributed by atoms with Crippen LogP contribution in [-0.2, 0) is 0 Å². The van der Waals surface area contributed by atoms with Gasteiger partial charge >= 0.3 is 0 Å². The highest BCUT2D eigenvalue weighted by molar-refractivity contribution is 8.01. The van der Waals surface area contributed by atoms with E-state index in [4.69, 9.17) is 11.6 Å². The van der Waals surface area contributed by atoms with E-state index in [2.05, 4.69) is 4.98 Å². The first-order chi connectivity index (χ1) is 7.77. The maximum atomic E-state index is 11.8. The molecule has 5 heteroatoms. The zero-order valence-electron chi connectivity index (χ0n) is 8.22. The van der Waals surface area contributed by atoms with Crippen LogP contribution in [0.2, 0.25) is 5.02 Å². The summed E-state index contributed by atoms with van der Waals surface area (Å²) in [5, 5.41) is 2.40. The molecule has 0 amide bonds. The SMILES string of the molecule is O=C(CSc1nccs1)c1ccccc1Cl. The van der Waals surface area contributed by atoms with Crippen LogP contribution in [0.1, 0.15) is 10.4 Å². The van der Waals surface area contributed by atoms with Crippen molar-refractivity contribution in [3.63, 3.8) is 0 Å². The van der Waals surface area contributed by atoms with Crippen molar-refractivity contribution >= 4 is 40.5 Å². The molecule has 0 fully saturated rings. The molecular weight excluding hydrogens is 262 g/mol. The summed E-state index contributed by atoms with van der Waals surface area (Å²) in [5.74, 6) is 0.405. The molecule has 0 aliphatic carbocycles. The molecule has 0 N–H and O–H groups in total. The first kappa shape index (κ1) is 11.6. The maximum absolute atomic E-state index is 11.8. The Hall–Kier alpha value is -0.840. The molecule has 2 aromatic rings. The van der Waals surface area contributed by atoms with Crippen molar-refractivity contribution in [2.75, 3.05) is 5.75 Å². The Balaban J connectivity index is 2.01. The number of benzene rings is 1. The van der Waals surface area contributed by atoms with Gasteiger partial charge in [0.05, 0.1) is 10.8 Å². The number of rotatable bonds is 4. The lowest BCUT2D eigenvalue weighted by Gasteiger charge is -2.01. The van der Waals surface area contributed by atoms with Crippen molar-refractivity contribution in [2.24, 2.45) is 0 Å². The van der Waals surface area contributed by atoms with E-state index < -0.39 is 0 Å². The Morgan fingerprint density at radius 3 is 2.94 bits per heavy atom. The van der Waals surface area contributed by atoms with Crippen molar-refractivity contribution < 1.29 is 4.79 Å². The summed E-state index contributed by atoms with van der Waals surface area (Å²) in [6.07, 6.45) is 1.73. The number of carbonyl (C=O) groups is 1. The molecule has 0 unspecified atom stereocenters. The minimum Gasteiger partial charge on any atom is -0.293 e. The Morgan fingerprint density at radius 2 is 2.25 bits per heavy atom. The van der Waals surface area contributed by atoms with Gasteiger partial charge in [-0.05, 0) is 12.1 Å². The standard InChI is InChI=1S/C11H8ClNOS2/c12-9-4-2-1-3-8(9)10(14)7-16-11-13-5-6-15-11/h1-6H,7H2. The second kappa shape index (κ2) is 5.48. The predicted molar refractivity (Wildman–Crippen MR) is 68.6 cm³/mol. The normalized spacial score (nSPS) is 10.3. The molecule has 0 saturated carbocycles. The quantitative estimate of drug-likeness (QED) is 0.625. The lowest BCUT2D eigenvalue weighted by molar-refractivity contribution is 0.102. The van der Waals surface area contributed by atoms with Gasteiger partial charge in [0.1, 0.15) is 4.34 Å². The van der Waals surface area contributed by atoms with Gasteiger partial charge in [0.15, 0.2) is 5.78 Å². The van der Waals surface area contributed by atoms with E-state index in [-0.39, 0.29) is 5.78 Å². The van der Waals surface area contributed by atoms with Crippen molar-refractivity contribution in [1.82, 2.24) is 4.98 Å². The number of thiazole rings is 1. The molecular formula is C11H8ClNOS2. The number of hydrogen-bond acceptors (Lipinski definition) is 4. The minimum atomic E-state index is 0.0331. The van der Waals surface area contributed by atoms with Gasteiger partial charge in [0.25, 0.3) is 0 Å². The van der Waals surface area contributed by atoms with E-state index in [1.165, 1.54) is 23.1 Å². The van der Waals surface area contributed by atoms with Gasteiger partial charge in [0, 0.05) is 17.1 Å². The lowest BCUT2D eigenvalue weighted by Crippen LogP contribution is -2.02. The monoisotopic (exact) mass is 269 g/mol. The van der Waals surface area contributed by atoms with Crippen LogP contribution < -0.4 is 0 Å². The highest BCUT2D eigenvalue weighted by Crippen LogP contribution is 2.23. The summed E-state index contributed by atoms with van der Waals surface area (Å²) < 4.78 is 0.903. The molecule has 1 aromatic carbocycles. The smallest absolute Gasteiger partial charge is 0.174 e. The molecule has 2 rings (SSSR count). The molecule has 1 aromatic heterocycles. The number of nitrogens with zero attached hydrogens (tertiary/aromatic N) is 1. The van der Waals surface area contributed by atoms with Gasteiger partial charge < -0.3 is 0 Å². The van der Waals surface area contributed by atoms with Crippen LogP contribution in [0.4, 0.5) is 0 Å². The first-order valence-corrected chi connectivity index (χ1v) is 6.81. The molecule has 1 heterocycles. The van der Waals surface area contributed by atoms with E-state index in [1.54, 1.807) is 18.3 Å². The van der Waals surface area contributed by atoms with Gasteiger partial charge in [-0.3, -0.25) is 4.79 Å². The number of aromatic nitrogens is 1. The largest absolute Gasteiger partial charge is 0.293 e. The van der Waals surface area contributed by atoms with E-state index >= 15 is 0 Å². The van der Waals surface area contributed by atoms with Gasteiger partial charge in [-0.2, -0.15) is 0 Å². The summed E-state index contributed by atoms with van der Waals surface area (Å²) in [6, 6.07) is 7.09. The maximum Gasteiger partial charge on any atom is 0.174 e. The van der Waals surface area contributed by atoms with E-state index in [9.17, 15) is 4.79 Å². The molecule has 0 radical (unpaired) electrons. The lowest BCUT2D eigenvalue weighted by atomic mass is 10.1. The van der Waals surface area contributed by atoms with Crippen LogP contribution in [0.5, 0.6) is 0 Å². The second-order valence-corrected chi connectivity index (χ2v) is 5.51. The third kappa shape index (κ3) is 2.84. The van der Waals surface area contributed by atoms with E-state index in [1.807, 2.05) is 17.5 Å². The Kier molecular flexibility index (Phi) is 3.98.